The van der Waals surface area contributed by atoms with Gasteiger partial charge in [-0.05, 0) is 17.7 Å². The summed E-state index contributed by atoms with van der Waals surface area (Å²) in [5, 5.41) is 10.1. The molecule has 0 amide bonds. The van der Waals surface area contributed by atoms with Gasteiger partial charge < -0.3 is 15.6 Å². The van der Waals surface area contributed by atoms with E-state index in [0.717, 1.165) is 18.8 Å². The van der Waals surface area contributed by atoms with Crippen LogP contribution in [-0.2, 0) is 4.74 Å². The van der Waals surface area contributed by atoms with Gasteiger partial charge in [0, 0.05) is 11.4 Å². The van der Waals surface area contributed by atoms with Crippen LogP contribution in [-0.4, -0.2) is 30.1 Å². The van der Waals surface area contributed by atoms with Crippen molar-refractivity contribution in [2.45, 2.75) is 16.2 Å². The third-order valence-electron chi connectivity index (χ3n) is 2.40. The maximum atomic E-state index is 9.51. The largest absolute Gasteiger partial charge is 0.387 e. The number of thioether (sulfide) groups is 1. The van der Waals surface area contributed by atoms with Crippen molar-refractivity contribution in [2.24, 2.45) is 5.73 Å². The minimum absolute atomic E-state index is 0.267. The van der Waals surface area contributed by atoms with Crippen LogP contribution in [0.2, 0.25) is 0 Å². The van der Waals surface area contributed by atoms with Gasteiger partial charge in [0.1, 0.15) is 0 Å². The molecule has 0 saturated carbocycles. The van der Waals surface area contributed by atoms with Gasteiger partial charge in [-0.1, -0.05) is 12.1 Å². The van der Waals surface area contributed by atoms with Crippen molar-refractivity contribution in [1.82, 2.24) is 0 Å². The summed E-state index contributed by atoms with van der Waals surface area (Å²) in [4.78, 5) is 1.22. The number of benzene rings is 1. The average Bonchev–Trinajstić information content (AvgIpc) is 2.23. The van der Waals surface area contributed by atoms with Crippen LogP contribution in [0.3, 0.4) is 0 Å². The van der Waals surface area contributed by atoms with E-state index in [1.54, 1.807) is 0 Å². The molecule has 15 heavy (non-hydrogen) atoms. The number of hydrogen-bond acceptors (Lipinski definition) is 4. The molecule has 1 saturated heterocycles. The molecule has 0 spiro atoms. The lowest BCUT2D eigenvalue weighted by atomic mass is 10.1. The topological polar surface area (TPSA) is 55.5 Å². The number of hydrogen-bond donors (Lipinski definition) is 2. The number of aliphatic hydroxyl groups is 1. The van der Waals surface area contributed by atoms with E-state index < -0.39 is 6.10 Å². The van der Waals surface area contributed by atoms with Crippen molar-refractivity contribution >= 4 is 11.8 Å². The molecule has 1 aromatic rings. The van der Waals surface area contributed by atoms with E-state index in [0.29, 0.717) is 5.25 Å². The standard InChI is InChI=1S/C11H15NO2S/c12-5-11(13)8-1-3-9(4-2-8)15-10-6-14-7-10/h1-4,10-11,13H,5-7,12H2. The summed E-state index contributed by atoms with van der Waals surface area (Å²) in [7, 11) is 0. The quantitative estimate of drug-likeness (QED) is 0.807. The second kappa shape index (κ2) is 4.99. The molecule has 1 fully saturated rings. The van der Waals surface area contributed by atoms with Gasteiger partial charge >= 0.3 is 0 Å². The third-order valence-corrected chi connectivity index (χ3v) is 3.55. The SMILES string of the molecule is NCC(O)c1ccc(SC2COC2)cc1. The van der Waals surface area contributed by atoms with Crippen LogP contribution in [0.1, 0.15) is 11.7 Å². The molecule has 4 heteroatoms. The minimum atomic E-state index is -0.545. The van der Waals surface area contributed by atoms with Gasteiger partial charge in [-0.2, -0.15) is 0 Å². The summed E-state index contributed by atoms with van der Waals surface area (Å²) in [5.74, 6) is 0. The Hall–Kier alpha value is -0.550. The van der Waals surface area contributed by atoms with Gasteiger partial charge in [0.2, 0.25) is 0 Å². The Labute approximate surface area is 93.6 Å². The lowest BCUT2D eigenvalue weighted by Crippen LogP contribution is -2.29. The monoisotopic (exact) mass is 225 g/mol. The van der Waals surface area contributed by atoms with Gasteiger partial charge in [0.25, 0.3) is 0 Å². The zero-order chi connectivity index (χ0) is 10.7. The van der Waals surface area contributed by atoms with Crippen molar-refractivity contribution in [1.29, 1.82) is 0 Å². The van der Waals surface area contributed by atoms with Crippen LogP contribution in [0.25, 0.3) is 0 Å². The molecule has 0 bridgehead atoms. The third kappa shape index (κ3) is 2.72. The van der Waals surface area contributed by atoms with E-state index in [2.05, 4.69) is 0 Å². The molecule has 1 heterocycles. The zero-order valence-corrected chi connectivity index (χ0v) is 9.24. The van der Waals surface area contributed by atoms with Crippen LogP contribution >= 0.6 is 11.8 Å². The fourth-order valence-corrected chi connectivity index (χ4v) is 2.39. The highest BCUT2D eigenvalue weighted by molar-refractivity contribution is 8.00. The Kier molecular flexibility index (Phi) is 3.64. The first-order valence-electron chi connectivity index (χ1n) is 5.02. The van der Waals surface area contributed by atoms with Crippen LogP contribution in [0.15, 0.2) is 29.2 Å². The van der Waals surface area contributed by atoms with Gasteiger partial charge in [-0.15, -0.1) is 11.8 Å². The maximum absolute atomic E-state index is 9.51. The van der Waals surface area contributed by atoms with E-state index in [1.165, 1.54) is 4.90 Å². The summed E-state index contributed by atoms with van der Waals surface area (Å²) >= 11 is 1.82. The normalized spacial score (nSPS) is 18.5. The first-order valence-corrected chi connectivity index (χ1v) is 5.90. The van der Waals surface area contributed by atoms with E-state index >= 15 is 0 Å². The predicted molar refractivity (Wildman–Crippen MR) is 60.9 cm³/mol. The highest BCUT2D eigenvalue weighted by Crippen LogP contribution is 2.28. The van der Waals surface area contributed by atoms with Crippen molar-refractivity contribution in [3.8, 4) is 0 Å². The van der Waals surface area contributed by atoms with Gasteiger partial charge in [0.15, 0.2) is 0 Å². The molecule has 2 rings (SSSR count). The average molecular weight is 225 g/mol. The number of ether oxygens (including phenoxy) is 1. The smallest absolute Gasteiger partial charge is 0.0912 e. The molecule has 1 atom stereocenters. The van der Waals surface area contributed by atoms with Crippen LogP contribution in [0, 0.1) is 0 Å². The van der Waals surface area contributed by atoms with Crippen LogP contribution < -0.4 is 5.73 Å². The lowest BCUT2D eigenvalue weighted by molar-refractivity contribution is 0.0455. The molecule has 0 aliphatic carbocycles. The number of aliphatic hydroxyl groups excluding tert-OH is 1. The van der Waals surface area contributed by atoms with Gasteiger partial charge in [-0.3, -0.25) is 0 Å². The maximum Gasteiger partial charge on any atom is 0.0912 e. The summed E-state index contributed by atoms with van der Waals surface area (Å²) in [6.07, 6.45) is -0.545. The molecular formula is C11H15NO2S. The Bertz CT molecular complexity index is 311. The molecule has 1 unspecified atom stereocenters. The molecule has 0 aromatic heterocycles. The minimum Gasteiger partial charge on any atom is -0.387 e. The van der Waals surface area contributed by atoms with E-state index in [4.69, 9.17) is 10.5 Å². The Morgan fingerprint density at radius 2 is 2.07 bits per heavy atom. The van der Waals surface area contributed by atoms with Gasteiger partial charge in [-0.25, -0.2) is 0 Å². The molecule has 1 aliphatic rings. The van der Waals surface area contributed by atoms with E-state index in [-0.39, 0.29) is 6.54 Å². The summed E-state index contributed by atoms with van der Waals surface area (Å²) < 4.78 is 5.11. The fourth-order valence-electron chi connectivity index (χ4n) is 1.38. The molecular weight excluding hydrogens is 210 g/mol. The number of nitrogens with two attached hydrogens (primary N) is 1. The Morgan fingerprint density at radius 3 is 2.53 bits per heavy atom. The highest BCUT2D eigenvalue weighted by Gasteiger charge is 2.19. The second-order valence-corrected chi connectivity index (χ2v) is 4.97. The molecule has 82 valence electrons. The number of rotatable bonds is 4. The Morgan fingerprint density at radius 1 is 1.40 bits per heavy atom. The summed E-state index contributed by atoms with van der Waals surface area (Å²) in [6.45, 7) is 1.96. The van der Waals surface area contributed by atoms with Crippen molar-refractivity contribution in [3.05, 3.63) is 29.8 Å². The van der Waals surface area contributed by atoms with Crippen molar-refractivity contribution in [2.75, 3.05) is 19.8 Å². The lowest BCUT2D eigenvalue weighted by Gasteiger charge is -2.25. The molecule has 1 aromatic carbocycles. The second-order valence-electron chi connectivity index (χ2n) is 3.60. The molecule has 3 nitrogen and oxygen atoms in total. The molecule has 0 radical (unpaired) electrons. The van der Waals surface area contributed by atoms with Crippen LogP contribution in [0.5, 0.6) is 0 Å². The summed E-state index contributed by atoms with van der Waals surface area (Å²) in [5.41, 5.74) is 6.26. The van der Waals surface area contributed by atoms with Crippen LogP contribution in [0.4, 0.5) is 0 Å². The van der Waals surface area contributed by atoms with E-state index in [9.17, 15) is 5.11 Å². The van der Waals surface area contributed by atoms with E-state index in [1.807, 2.05) is 36.0 Å². The van der Waals surface area contributed by atoms with Crippen molar-refractivity contribution < 1.29 is 9.84 Å². The fraction of sp³-hybridized carbons (Fsp3) is 0.455. The highest BCUT2D eigenvalue weighted by atomic mass is 32.2. The first-order chi connectivity index (χ1) is 7.29. The van der Waals surface area contributed by atoms with Crippen molar-refractivity contribution in [3.63, 3.8) is 0 Å². The first kappa shape index (κ1) is 11.0. The Balaban J connectivity index is 1.96. The zero-order valence-electron chi connectivity index (χ0n) is 8.43. The predicted octanol–water partition coefficient (Wildman–Crippen LogP) is 1.17. The summed E-state index contributed by atoms with van der Waals surface area (Å²) in [6, 6.07) is 7.91. The molecule has 3 N–H and O–H groups in total. The van der Waals surface area contributed by atoms with Gasteiger partial charge in [0.05, 0.1) is 24.6 Å². The molecule has 1 aliphatic heterocycles.